The van der Waals surface area contributed by atoms with Crippen LogP contribution in [0.2, 0.25) is 5.04 Å². The molecular weight excluding hydrogens is 640 g/mol. The van der Waals surface area contributed by atoms with Crippen LogP contribution >= 0.6 is 0 Å². The van der Waals surface area contributed by atoms with Gasteiger partial charge in [-0.05, 0) is 28.8 Å². The molecule has 1 saturated heterocycles. The number of hydrogen-bond acceptors (Lipinski definition) is 12. The SMILES string of the molecule is COC(=O)[C@H](C[C@@H]1O[C@@H](C)[C@@H](OC(C)=O)[C@@H](OC(C)=O)[C@@H]1OC(C)=O)[C@@H](O[Si](c1ccccc1)(c1ccccc1)C(C)(C)C)C(=O)OC. The Kier molecular flexibility index (Phi) is 13.1. The van der Waals surface area contributed by atoms with E-state index in [-0.39, 0.29) is 6.42 Å². The first kappa shape index (κ1) is 38.4. The molecule has 12 nitrogen and oxygen atoms in total. The van der Waals surface area contributed by atoms with Gasteiger partial charge in [-0.2, -0.15) is 0 Å². The van der Waals surface area contributed by atoms with Crippen LogP contribution in [-0.4, -0.2) is 89.0 Å². The van der Waals surface area contributed by atoms with E-state index in [0.717, 1.165) is 24.2 Å². The predicted octanol–water partition coefficient (Wildman–Crippen LogP) is 2.87. The average Bonchev–Trinajstić information content (AvgIpc) is 3.03. The van der Waals surface area contributed by atoms with Crippen molar-refractivity contribution in [1.82, 2.24) is 0 Å². The van der Waals surface area contributed by atoms with Gasteiger partial charge in [0.15, 0.2) is 24.4 Å². The van der Waals surface area contributed by atoms with Crippen LogP contribution in [-0.2, 0) is 56.8 Å². The highest BCUT2D eigenvalue weighted by Gasteiger charge is 2.56. The van der Waals surface area contributed by atoms with Crippen molar-refractivity contribution in [3.8, 4) is 0 Å². The van der Waals surface area contributed by atoms with Crippen LogP contribution in [0.15, 0.2) is 60.7 Å². The molecule has 0 bridgehead atoms. The normalized spacial score (nSPS) is 22.4. The molecule has 0 unspecified atom stereocenters. The quantitative estimate of drug-likeness (QED) is 0.184. The highest BCUT2D eigenvalue weighted by atomic mass is 28.4. The number of esters is 5. The summed E-state index contributed by atoms with van der Waals surface area (Å²) < 4.78 is 40.4. The van der Waals surface area contributed by atoms with E-state index in [1.807, 2.05) is 81.4 Å². The summed E-state index contributed by atoms with van der Waals surface area (Å²) in [7, 11) is -1.09. The molecule has 0 aliphatic carbocycles. The summed E-state index contributed by atoms with van der Waals surface area (Å²) in [5, 5.41) is 1.11. The van der Waals surface area contributed by atoms with Crippen LogP contribution in [0.25, 0.3) is 0 Å². The molecule has 1 aliphatic heterocycles. The maximum atomic E-state index is 13.8. The molecule has 0 aromatic heterocycles. The lowest BCUT2D eigenvalue weighted by molar-refractivity contribution is -0.247. The van der Waals surface area contributed by atoms with Crippen LogP contribution in [0, 0.1) is 5.92 Å². The average molecular weight is 687 g/mol. The minimum absolute atomic E-state index is 0.294. The van der Waals surface area contributed by atoms with Gasteiger partial charge in [0.1, 0.15) is 0 Å². The molecule has 262 valence electrons. The molecule has 0 saturated carbocycles. The van der Waals surface area contributed by atoms with Crippen molar-refractivity contribution in [1.29, 1.82) is 0 Å². The summed E-state index contributed by atoms with van der Waals surface area (Å²) in [5.74, 6) is -5.15. The first-order chi connectivity index (χ1) is 22.6. The van der Waals surface area contributed by atoms with Crippen molar-refractivity contribution in [3.63, 3.8) is 0 Å². The highest BCUT2D eigenvalue weighted by Crippen LogP contribution is 2.40. The summed E-state index contributed by atoms with van der Waals surface area (Å²) in [6, 6.07) is 19.0. The highest BCUT2D eigenvalue weighted by molar-refractivity contribution is 6.99. The predicted molar refractivity (Wildman–Crippen MR) is 176 cm³/mol. The van der Waals surface area contributed by atoms with Gasteiger partial charge in [-0.3, -0.25) is 19.2 Å². The van der Waals surface area contributed by atoms with Gasteiger partial charge < -0.3 is 32.8 Å². The van der Waals surface area contributed by atoms with Crippen LogP contribution in [0.5, 0.6) is 0 Å². The molecule has 2 aromatic carbocycles. The Morgan fingerprint density at radius 1 is 0.708 bits per heavy atom. The fourth-order valence-electron chi connectivity index (χ4n) is 6.34. The van der Waals surface area contributed by atoms with Gasteiger partial charge >= 0.3 is 29.8 Å². The smallest absolute Gasteiger partial charge is 0.334 e. The Bertz CT molecular complexity index is 1380. The van der Waals surface area contributed by atoms with Crippen molar-refractivity contribution in [2.45, 2.75) is 96.5 Å². The Balaban J connectivity index is 2.22. The minimum Gasteiger partial charge on any atom is -0.469 e. The van der Waals surface area contributed by atoms with E-state index >= 15 is 0 Å². The monoisotopic (exact) mass is 686 g/mol. The second-order valence-corrected chi connectivity index (χ2v) is 16.9. The van der Waals surface area contributed by atoms with Crippen LogP contribution in [0.4, 0.5) is 0 Å². The summed E-state index contributed by atoms with van der Waals surface area (Å²) >= 11 is 0. The van der Waals surface area contributed by atoms with Gasteiger partial charge in [0.2, 0.25) is 0 Å². The zero-order valence-corrected chi connectivity index (χ0v) is 29.9. The Morgan fingerprint density at radius 2 is 1.15 bits per heavy atom. The molecule has 13 heteroatoms. The summed E-state index contributed by atoms with van der Waals surface area (Å²) in [6.45, 7) is 11.1. The zero-order chi connectivity index (χ0) is 35.8. The molecule has 3 rings (SSSR count). The first-order valence-electron chi connectivity index (χ1n) is 15.7. The largest absolute Gasteiger partial charge is 0.469 e. The fourth-order valence-corrected chi connectivity index (χ4v) is 11.0. The van der Waals surface area contributed by atoms with E-state index in [1.165, 1.54) is 21.1 Å². The van der Waals surface area contributed by atoms with Gasteiger partial charge in [0.25, 0.3) is 8.32 Å². The minimum atomic E-state index is -3.46. The van der Waals surface area contributed by atoms with E-state index in [2.05, 4.69) is 0 Å². The third kappa shape index (κ3) is 8.68. The standard InChI is InChI=1S/C35H46O12Si/c1-21-29(44-22(2)36)32(46-24(4)38)31(45-23(3)37)28(43-21)20-27(33(39)41-8)30(34(40)42-9)47-48(35(5,6)7,25-16-12-10-13-17-25)26-18-14-11-15-19-26/h10-19,21,27-32H,20H2,1-9H3/t21-,27+,28-,29+,30+,31+,32+/m0/s1. The Hall–Kier alpha value is -4.07. The molecule has 0 amide bonds. The molecule has 0 N–H and O–H groups in total. The second-order valence-electron chi connectivity index (χ2n) is 12.7. The van der Waals surface area contributed by atoms with Crippen molar-refractivity contribution < 1.29 is 56.8 Å². The van der Waals surface area contributed by atoms with E-state index in [9.17, 15) is 24.0 Å². The lowest BCUT2D eigenvalue weighted by atomic mass is 9.87. The lowest BCUT2D eigenvalue weighted by Gasteiger charge is -2.47. The van der Waals surface area contributed by atoms with E-state index in [1.54, 1.807) is 6.92 Å². The van der Waals surface area contributed by atoms with Crippen LogP contribution in [0.1, 0.15) is 54.9 Å². The fraction of sp³-hybridized carbons (Fsp3) is 0.514. The Labute approximate surface area is 282 Å². The molecule has 0 radical (unpaired) electrons. The van der Waals surface area contributed by atoms with E-state index in [0.29, 0.717) is 0 Å². The topological polar surface area (TPSA) is 150 Å². The third-order valence-electron chi connectivity index (χ3n) is 8.28. The van der Waals surface area contributed by atoms with Crippen molar-refractivity contribution in [2.24, 2.45) is 5.92 Å². The van der Waals surface area contributed by atoms with Crippen molar-refractivity contribution >= 4 is 48.5 Å². The van der Waals surface area contributed by atoms with Crippen LogP contribution in [0.3, 0.4) is 0 Å². The van der Waals surface area contributed by atoms with Gasteiger partial charge in [-0.1, -0.05) is 81.4 Å². The number of benzene rings is 2. The molecule has 1 aliphatic rings. The molecule has 7 atom stereocenters. The summed E-state index contributed by atoms with van der Waals surface area (Å²) in [5.41, 5.74) is 0. The number of ether oxygens (including phenoxy) is 6. The summed E-state index contributed by atoms with van der Waals surface area (Å²) in [6.07, 6.45) is -7.64. The maximum Gasteiger partial charge on any atom is 0.334 e. The number of rotatable bonds is 12. The third-order valence-corrected chi connectivity index (χ3v) is 13.3. The molecule has 48 heavy (non-hydrogen) atoms. The van der Waals surface area contributed by atoms with Gasteiger partial charge in [0.05, 0.1) is 32.3 Å². The van der Waals surface area contributed by atoms with Crippen LogP contribution < -0.4 is 10.4 Å². The summed E-state index contributed by atoms with van der Waals surface area (Å²) in [4.78, 5) is 64.1. The zero-order valence-electron chi connectivity index (χ0n) is 28.9. The molecular formula is C35H46O12Si. The van der Waals surface area contributed by atoms with Gasteiger partial charge in [0, 0.05) is 20.8 Å². The molecule has 1 heterocycles. The van der Waals surface area contributed by atoms with E-state index < -0.39 is 85.7 Å². The first-order valence-corrected chi connectivity index (χ1v) is 17.6. The van der Waals surface area contributed by atoms with Crippen molar-refractivity contribution in [2.75, 3.05) is 14.2 Å². The maximum absolute atomic E-state index is 13.8. The van der Waals surface area contributed by atoms with Crippen molar-refractivity contribution in [3.05, 3.63) is 60.7 Å². The van der Waals surface area contributed by atoms with Gasteiger partial charge in [-0.15, -0.1) is 0 Å². The Morgan fingerprint density at radius 3 is 1.56 bits per heavy atom. The molecule has 1 fully saturated rings. The number of carbonyl (C=O) groups is 5. The lowest BCUT2D eigenvalue weighted by Crippen LogP contribution is -2.69. The number of carbonyl (C=O) groups excluding carboxylic acids is 5. The molecule has 2 aromatic rings. The number of methoxy groups -OCH3 is 2. The van der Waals surface area contributed by atoms with E-state index in [4.69, 9.17) is 32.8 Å². The van der Waals surface area contributed by atoms with Gasteiger partial charge in [-0.25, -0.2) is 4.79 Å². The number of hydrogen-bond donors (Lipinski definition) is 0. The second kappa shape index (κ2) is 16.4. The molecule has 0 spiro atoms.